The molecule has 1 spiro atoms. The second kappa shape index (κ2) is 11.7. The number of nitrogens with zero attached hydrogens (tertiary/aromatic N) is 2. The van der Waals surface area contributed by atoms with Gasteiger partial charge in [-0.25, -0.2) is 0 Å². The lowest BCUT2D eigenvalue weighted by atomic mass is 9.66. The lowest BCUT2D eigenvalue weighted by Crippen LogP contribution is -2.56. The van der Waals surface area contributed by atoms with Gasteiger partial charge in [0.25, 0.3) is 0 Å². The molecule has 39 heavy (non-hydrogen) atoms. The quantitative estimate of drug-likeness (QED) is 0.360. The summed E-state index contributed by atoms with van der Waals surface area (Å²) in [6.07, 6.45) is 3.04. The van der Waals surface area contributed by atoms with E-state index < -0.39 is 33.4 Å². The third-order valence-electron chi connectivity index (χ3n) is 9.40. The van der Waals surface area contributed by atoms with E-state index in [1.807, 2.05) is 45.0 Å². The van der Waals surface area contributed by atoms with Crippen LogP contribution in [-0.2, 0) is 14.4 Å². The first kappa shape index (κ1) is 29.7. The Bertz CT molecular complexity index is 1060. The zero-order chi connectivity index (χ0) is 28.5. The summed E-state index contributed by atoms with van der Waals surface area (Å²) in [7, 11) is 0. The van der Waals surface area contributed by atoms with Crippen molar-refractivity contribution in [3.05, 3.63) is 24.3 Å². The number of hydrogen-bond acceptors (Lipinski definition) is 6. The fourth-order valence-electron chi connectivity index (χ4n) is 7.15. The van der Waals surface area contributed by atoms with Gasteiger partial charge >= 0.3 is 0 Å². The number of fused-ring (bicyclic) bond motifs is 1. The number of anilines is 2. The zero-order valence-electron chi connectivity index (χ0n) is 24.3. The van der Waals surface area contributed by atoms with Gasteiger partial charge in [-0.1, -0.05) is 27.2 Å². The van der Waals surface area contributed by atoms with Crippen LogP contribution in [0.2, 0.25) is 0 Å². The highest BCUT2D eigenvalue weighted by atomic mass is 32.2. The second-order valence-corrected chi connectivity index (χ2v) is 13.5. The normalized spacial score (nSPS) is 30.7. The minimum absolute atomic E-state index is 0.00276. The molecule has 9 heteroatoms. The maximum Gasteiger partial charge on any atom is 0.248 e. The van der Waals surface area contributed by atoms with Gasteiger partial charge in [-0.3, -0.25) is 14.4 Å². The Morgan fingerprint density at radius 3 is 2.36 bits per heavy atom. The average molecular weight is 559 g/mol. The highest BCUT2D eigenvalue weighted by Gasteiger charge is 2.77. The largest absolute Gasteiger partial charge is 0.394 e. The molecule has 3 saturated heterocycles. The van der Waals surface area contributed by atoms with E-state index in [4.69, 9.17) is 0 Å². The molecule has 2 unspecified atom stereocenters. The monoisotopic (exact) mass is 558 g/mol. The summed E-state index contributed by atoms with van der Waals surface area (Å²) >= 11 is 1.66. The summed E-state index contributed by atoms with van der Waals surface area (Å²) in [5.41, 5.74) is 1.76. The smallest absolute Gasteiger partial charge is 0.248 e. The van der Waals surface area contributed by atoms with Crippen LogP contribution in [0, 0.1) is 17.8 Å². The molecule has 3 N–H and O–H groups in total. The Morgan fingerprint density at radius 2 is 1.79 bits per heavy atom. The topological polar surface area (TPSA) is 102 Å². The van der Waals surface area contributed by atoms with Gasteiger partial charge in [0.15, 0.2) is 0 Å². The van der Waals surface area contributed by atoms with Crippen LogP contribution < -0.4 is 15.5 Å². The van der Waals surface area contributed by atoms with Crippen LogP contribution in [0.25, 0.3) is 0 Å². The lowest BCUT2D eigenvalue weighted by Gasteiger charge is -2.39. The van der Waals surface area contributed by atoms with Gasteiger partial charge in [-0.05, 0) is 70.2 Å². The molecule has 3 aliphatic rings. The number of aliphatic hydroxyl groups excluding tert-OH is 1. The molecule has 4 rings (SSSR count). The number of thioether (sulfide) groups is 1. The number of likely N-dealkylation sites (tertiary alicyclic amines) is 1. The van der Waals surface area contributed by atoms with Crippen molar-refractivity contribution >= 4 is 40.9 Å². The van der Waals surface area contributed by atoms with E-state index in [2.05, 4.69) is 36.3 Å². The number of carbonyl (C=O) groups is 3. The number of aliphatic hydroxyl groups is 1. The Labute approximate surface area is 237 Å². The van der Waals surface area contributed by atoms with Crippen molar-refractivity contribution in [1.29, 1.82) is 0 Å². The van der Waals surface area contributed by atoms with Gasteiger partial charge in [0.05, 0.1) is 29.2 Å². The van der Waals surface area contributed by atoms with Gasteiger partial charge in [-0.15, -0.1) is 11.8 Å². The summed E-state index contributed by atoms with van der Waals surface area (Å²) in [4.78, 5) is 45.9. The molecule has 1 aromatic carbocycles. The average Bonchev–Trinajstić information content (AvgIpc) is 3.50. The van der Waals surface area contributed by atoms with Crippen molar-refractivity contribution in [2.45, 2.75) is 88.8 Å². The third kappa shape index (κ3) is 4.94. The molecule has 216 valence electrons. The van der Waals surface area contributed by atoms with Crippen LogP contribution in [-0.4, -0.2) is 75.5 Å². The lowest BCUT2D eigenvalue weighted by molar-refractivity contribution is -0.143. The van der Waals surface area contributed by atoms with Crippen LogP contribution in [0.1, 0.15) is 67.2 Å². The van der Waals surface area contributed by atoms with Gasteiger partial charge in [-0.2, -0.15) is 0 Å². The van der Waals surface area contributed by atoms with Crippen LogP contribution in [0.15, 0.2) is 24.3 Å². The van der Waals surface area contributed by atoms with E-state index in [1.165, 1.54) is 0 Å². The van der Waals surface area contributed by atoms with Crippen LogP contribution in [0.5, 0.6) is 0 Å². The van der Waals surface area contributed by atoms with E-state index in [0.717, 1.165) is 38.0 Å². The summed E-state index contributed by atoms with van der Waals surface area (Å²) in [6.45, 7) is 14.5. The predicted molar refractivity (Wildman–Crippen MR) is 158 cm³/mol. The summed E-state index contributed by atoms with van der Waals surface area (Å²) < 4.78 is -1.11. The molecule has 3 heterocycles. The van der Waals surface area contributed by atoms with Crippen molar-refractivity contribution in [3.63, 3.8) is 0 Å². The first-order chi connectivity index (χ1) is 18.6. The van der Waals surface area contributed by atoms with Gasteiger partial charge in [0.2, 0.25) is 17.7 Å². The third-order valence-corrected chi connectivity index (χ3v) is 11.4. The Balaban J connectivity index is 1.72. The van der Waals surface area contributed by atoms with E-state index in [0.29, 0.717) is 18.7 Å². The molecule has 2 bridgehead atoms. The van der Waals surface area contributed by atoms with Crippen molar-refractivity contribution < 1.29 is 19.5 Å². The molecular formula is C30H46N4O4S. The molecule has 7 atom stereocenters. The minimum Gasteiger partial charge on any atom is -0.394 e. The minimum atomic E-state index is -0.764. The number of carbonyl (C=O) groups excluding carboxylic acids is 3. The van der Waals surface area contributed by atoms with Crippen LogP contribution in [0.3, 0.4) is 0 Å². The fourth-order valence-corrected chi connectivity index (χ4v) is 9.49. The summed E-state index contributed by atoms with van der Waals surface area (Å²) in [5.74, 6) is -1.59. The number of hydrogen-bond donors (Lipinski definition) is 3. The van der Waals surface area contributed by atoms with Crippen LogP contribution >= 0.6 is 11.8 Å². The van der Waals surface area contributed by atoms with E-state index >= 15 is 0 Å². The number of benzene rings is 1. The van der Waals surface area contributed by atoms with Crippen molar-refractivity contribution in [3.8, 4) is 0 Å². The number of amides is 3. The molecule has 0 saturated carbocycles. The highest BCUT2D eigenvalue weighted by Crippen LogP contribution is 2.71. The fraction of sp³-hybridized carbons (Fsp3) is 0.700. The van der Waals surface area contributed by atoms with E-state index in [1.54, 1.807) is 16.7 Å². The molecular weight excluding hydrogens is 512 g/mol. The van der Waals surface area contributed by atoms with Gasteiger partial charge in [0.1, 0.15) is 6.04 Å². The molecule has 3 aliphatic heterocycles. The molecule has 3 fully saturated rings. The molecule has 0 radical (unpaired) electrons. The van der Waals surface area contributed by atoms with E-state index in [9.17, 15) is 19.5 Å². The maximum absolute atomic E-state index is 14.3. The van der Waals surface area contributed by atoms with Crippen molar-refractivity contribution in [1.82, 2.24) is 10.2 Å². The van der Waals surface area contributed by atoms with Crippen molar-refractivity contribution in [2.75, 3.05) is 36.5 Å². The summed E-state index contributed by atoms with van der Waals surface area (Å²) in [6, 6.07) is 6.56. The molecule has 1 aromatic rings. The molecule has 8 nitrogen and oxygen atoms in total. The van der Waals surface area contributed by atoms with Crippen LogP contribution in [0.4, 0.5) is 11.4 Å². The predicted octanol–water partition coefficient (Wildman–Crippen LogP) is 3.89. The first-order valence-electron chi connectivity index (χ1n) is 14.7. The van der Waals surface area contributed by atoms with Gasteiger partial charge in [0, 0.05) is 35.8 Å². The maximum atomic E-state index is 14.3. The first-order valence-corrected chi connectivity index (χ1v) is 15.5. The highest BCUT2D eigenvalue weighted by molar-refractivity contribution is 8.02. The van der Waals surface area contributed by atoms with Crippen molar-refractivity contribution in [2.24, 2.45) is 17.8 Å². The molecule has 0 aromatic heterocycles. The SMILES string of the molecule is CCCNC(=O)[C@H]1[C@H]2C(=O)N([C@@H](CO)[C@@H](C)CC)C(C(=O)Nc3ccc(N(CC)CC)cc3)C23CC[C@]1(C)S3. The standard InChI is InChI=1S/C30H46N4O4S/c1-7-17-31-26(36)23-24-28(38)34(22(18-35)19(5)8-2)25(30(24)16-15-29(23,6)39-30)27(37)32-20-11-13-21(14-12-20)33(9-3)10-4/h11-14,19,22-25,35H,7-10,15-18H2,1-6H3,(H,31,36)(H,32,37)/t19-,22-,23+,24-,25?,29-,30?/m0/s1. The Hall–Kier alpha value is -2.26. The second-order valence-electron chi connectivity index (χ2n) is 11.6. The summed E-state index contributed by atoms with van der Waals surface area (Å²) in [5, 5.41) is 16.6. The van der Waals surface area contributed by atoms with E-state index in [-0.39, 0.29) is 30.2 Å². The van der Waals surface area contributed by atoms with Gasteiger partial charge < -0.3 is 25.5 Å². The zero-order valence-corrected chi connectivity index (χ0v) is 25.1. The number of rotatable bonds is 12. The molecule has 0 aliphatic carbocycles. The number of nitrogens with one attached hydrogen (secondary N) is 2. The molecule has 3 amide bonds. The Morgan fingerprint density at radius 1 is 1.13 bits per heavy atom. The Kier molecular flexibility index (Phi) is 8.91.